The van der Waals surface area contributed by atoms with E-state index in [-0.39, 0.29) is 18.0 Å². The van der Waals surface area contributed by atoms with Gasteiger partial charge in [-0.1, -0.05) is 44.2 Å². The van der Waals surface area contributed by atoms with E-state index in [0.717, 1.165) is 6.42 Å². The predicted octanol–water partition coefficient (Wildman–Crippen LogP) is 2.16. The van der Waals surface area contributed by atoms with Crippen molar-refractivity contribution in [3.05, 3.63) is 35.9 Å². The van der Waals surface area contributed by atoms with Crippen LogP contribution in [0.5, 0.6) is 0 Å². The Hall–Kier alpha value is -1.35. The first-order valence-electron chi connectivity index (χ1n) is 6.68. The molecule has 18 heavy (non-hydrogen) atoms. The van der Waals surface area contributed by atoms with Crippen molar-refractivity contribution in [1.29, 1.82) is 0 Å². The molecule has 2 atom stereocenters. The van der Waals surface area contributed by atoms with E-state index in [0.29, 0.717) is 18.9 Å². The van der Waals surface area contributed by atoms with E-state index in [1.165, 1.54) is 5.56 Å². The molecule has 3 nitrogen and oxygen atoms in total. The van der Waals surface area contributed by atoms with Gasteiger partial charge in [-0.05, 0) is 17.9 Å². The number of benzene rings is 1. The topological polar surface area (TPSA) is 46.3 Å². The average molecular weight is 246 g/mol. The first-order chi connectivity index (χ1) is 8.59. The molecule has 0 bridgehead atoms. The molecule has 1 saturated heterocycles. The molecule has 1 aliphatic rings. The molecule has 2 unspecified atom stereocenters. The Morgan fingerprint density at radius 3 is 2.61 bits per heavy atom. The summed E-state index contributed by atoms with van der Waals surface area (Å²) in [7, 11) is 0. The van der Waals surface area contributed by atoms with Gasteiger partial charge in [-0.25, -0.2) is 0 Å². The fraction of sp³-hybridized carbons (Fsp3) is 0.533. The zero-order valence-corrected chi connectivity index (χ0v) is 11.2. The molecule has 1 heterocycles. The normalized spacial score (nSPS) is 24.7. The summed E-state index contributed by atoms with van der Waals surface area (Å²) in [6.45, 7) is 4.96. The number of nitrogens with two attached hydrogens (primary N) is 1. The highest BCUT2D eigenvalue weighted by Crippen LogP contribution is 2.25. The number of carbonyl (C=O) groups is 1. The number of rotatable bonds is 3. The number of amides is 1. The molecule has 0 radical (unpaired) electrons. The Bertz CT molecular complexity index is 402. The molecule has 98 valence electrons. The van der Waals surface area contributed by atoms with Crippen molar-refractivity contribution in [1.82, 2.24) is 4.90 Å². The van der Waals surface area contributed by atoms with Gasteiger partial charge in [-0.3, -0.25) is 4.79 Å². The van der Waals surface area contributed by atoms with Crippen LogP contribution >= 0.6 is 0 Å². The zero-order valence-electron chi connectivity index (χ0n) is 11.2. The van der Waals surface area contributed by atoms with E-state index in [1.807, 2.05) is 23.1 Å². The van der Waals surface area contributed by atoms with Crippen LogP contribution in [0.1, 0.15) is 32.3 Å². The Labute approximate surface area is 109 Å². The summed E-state index contributed by atoms with van der Waals surface area (Å²) in [5.74, 6) is 0.632. The molecule has 0 aliphatic carbocycles. The minimum Gasteiger partial charge on any atom is -0.334 e. The Kier molecular flexibility index (Phi) is 4.02. The smallest absolute Gasteiger partial charge is 0.223 e. The number of hydrogen-bond donors (Lipinski definition) is 1. The lowest BCUT2D eigenvalue weighted by atomic mass is 9.88. The van der Waals surface area contributed by atoms with Gasteiger partial charge in [-0.15, -0.1) is 0 Å². The maximum absolute atomic E-state index is 12.1. The maximum atomic E-state index is 12.1. The fourth-order valence-electron chi connectivity index (χ4n) is 2.83. The lowest BCUT2D eigenvalue weighted by molar-refractivity contribution is -0.139. The summed E-state index contributed by atoms with van der Waals surface area (Å²) in [5, 5.41) is 0. The number of hydrogen-bond acceptors (Lipinski definition) is 2. The molecular formula is C15H22N2O. The van der Waals surface area contributed by atoms with Crippen LogP contribution in [0.3, 0.4) is 0 Å². The quantitative estimate of drug-likeness (QED) is 0.888. The lowest BCUT2D eigenvalue weighted by Crippen LogP contribution is -2.56. The predicted molar refractivity (Wildman–Crippen MR) is 72.8 cm³/mol. The molecule has 2 N–H and O–H groups in total. The molecule has 3 heteroatoms. The number of carbonyl (C=O) groups excluding carboxylic acids is 1. The van der Waals surface area contributed by atoms with Crippen molar-refractivity contribution in [2.45, 2.75) is 45.3 Å². The Balaban J connectivity index is 2.18. The second kappa shape index (κ2) is 5.53. The second-order valence-electron chi connectivity index (χ2n) is 5.44. The minimum absolute atomic E-state index is 0.103. The molecule has 1 aliphatic heterocycles. The largest absolute Gasteiger partial charge is 0.334 e. The monoisotopic (exact) mass is 246 g/mol. The highest BCUT2D eigenvalue weighted by molar-refractivity contribution is 5.77. The van der Waals surface area contributed by atoms with Crippen LogP contribution in [-0.2, 0) is 11.3 Å². The Morgan fingerprint density at radius 2 is 2.00 bits per heavy atom. The third-order valence-corrected chi connectivity index (χ3v) is 3.69. The van der Waals surface area contributed by atoms with Gasteiger partial charge in [0.2, 0.25) is 5.91 Å². The summed E-state index contributed by atoms with van der Waals surface area (Å²) in [5.41, 5.74) is 7.36. The molecule has 1 fully saturated rings. The van der Waals surface area contributed by atoms with Gasteiger partial charge in [0, 0.05) is 25.0 Å². The second-order valence-corrected chi connectivity index (χ2v) is 5.44. The fourth-order valence-corrected chi connectivity index (χ4v) is 2.83. The zero-order chi connectivity index (χ0) is 13.1. The molecule has 0 spiro atoms. The molecule has 1 aromatic carbocycles. The standard InChI is InChI=1S/C15H22N2O/c1-11(2)15-13(16)8-9-14(18)17(15)10-12-6-4-3-5-7-12/h3-7,11,13,15H,8-10,16H2,1-2H3. The summed E-state index contributed by atoms with van der Waals surface area (Å²) < 4.78 is 0. The van der Waals surface area contributed by atoms with Crippen LogP contribution in [-0.4, -0.2) is 22.9 Å². The van der Waals surface area contributed by atoms with Crippen molar-refractivity contribution in [3.8, 4) is 0 Å². The first-order valence-corrected chi connectivity index (χ1v) is 6.68. The molecule has 0 saturated carbocycles. The SMILES string of the molecule is CC(C)C1C(N)CCC(=O)N1Cc1ccccc1. The number of likely N-dealkylation sites (tertiary alicyclic amines) is 1. The van der Waals surface area contributed by atoms with Gasteiger partial charge in [-0.2, -0.15) is 0 Å². The van der Waals surface area contributed by atoms with Crippen LogP contribution in [0, 0.1) is 5.92 Å². The van der Waals surface area contributed by atoms with Crippen molar-refractivity contribution < 1.29 is 4.79 Å². The number of piperidine rings is 1. The third-order valence-electron chi connectivity index (χ3n) is 3.69. The third kappa shape index (κ3) is 2.72. The van der Waals surface area contributed by atoms with E-state index in [2.05, 4.69) is 26.0 Å². The minimum atomic E-state index is 0.103. The van der Waals surface area contributed by atoms with Gasteiger partial charge in [0.1, 0.15) is 0 Å². The molecule has 2 rings (SSSR count). The average Bonchev–Trinajstić information content (AvgIpc) is 2.35. The lowest BCUT2D eigenvalue weighted by Gasteiger charge is -2.42. The van der Waals surface area contributed by atoms with Crippen LogP contribution in [0.25, 0.3) is 0 Å². The maximum Gasteiger partial charge on any atom is 0.223 e. The van der Waals surface area contributed by atoms with Crippen LogP contribution < -0.4 is 5.73 Å². The van der Waals surface area contributed by atoms with E-state index in [4.69, 9.17) is 5.73 Å². The van der Waals surface area contributed by atoms with Gasteiger partial charge in [0.05, 0.1) is 0 Å². The van der Waals surface area contributed by atoms with Crippen LogP contribution in [0.4, 0.5) is 0 Å². The Morgan fingerprint density at radius 1 is 1.33 bits per heavy atom. The van der Waals surface area contributed by atoms with Gasteiger partial charge in [0.25, 0.3) is 0 Å². The summed E-state index contributed by atoms with van der Waals surface area (Å²) >= 11 is 0. The van der Waals surface area contributed by atoms with Crippen molar-refractivity contribution in [2.24, 2.45) is 11.7 Å². The molecular weight excluding hydrogens is 224 g/mol. The van der Waals surface area contributed by atoms with Crippen molar-refractivity contribution in [3.63, 3.8) is 0 Å². The van der Waals surface area contributed by atoms with Crippen LogP contribution in [0.15, 0.2) is 30.3 Å². The summed E-state index contributed by atoms with van der Waals surface area (Å²) in [4.78, 5) is 14.1. The van der Waals surface area contributed by atoms with Gasteiger partial charge < -0.3 is 10.6 Å². The van der Waals surface area contributed by atoms with E-state index in [1.54, 1.807) is 0 Å². The molecule has 0 aromatic heterocycles. The van der Waals surface area contributed by atoms with Crippen LogP contribution in [0.2, 0.25) is 0 Å². The molecule has 1 aromatic rings. The first kappa shape index (κ1) is 13.1. The van der Waals surface area contributed by atoms with Gasteiger partial charge in [0.15, 0.2) is 0 Å². The van der Waals surface area contributed by atoms with E-state index >= 15 is 0 Å². The molecule has 1 amide bonds. The highest BCUT2D eigenvalue weighted by Gasteiger charge is 2.35. The van der Waals surface area contributed by atoms with Crippen molar-refractivity contribution in [2.75, 3.05) is 0 Å². The van der Waals surface area contributed by atoms with E-state index < -0.39 is 0 Å². The summed E-state index contributed by atoms with van der Waals surface area (Å²) in [6, 6.07) is 10.4. The number of nitrogens with zero attached hydrogens (tertiary/aromatic N) is 1. The van der Waals surface area contributed by atoms with Gasteiger partial charge >= 0.3 is 0 Å². The highest BCUT2D eigenvalue weighted by atomic mass is 16.2. The van der Waals surface area contributed by atoms with Crippen molar-refractivity contribution >= 4 is 5.91 Å². The van der Waals surface area contributed by atoms with E-state index in [9.17, 15) is 4.79 Å². The summed E-state index contributed by atoms with van der Waals surface area (Å²) in [6.07, 6.45) is 1.39.